The lowest BCUT2D eigenvalue weighted by Crippen LogP contribution is -2.48. The Kier molecular flexibility index (Phi) is 3.36. The Balaban J connectivity index is 2.31. The molecule has 0 amide bonds. The first kappa shape index (κ1) is 16.4. The highest BCUT2D eigenvalue weighted by molar-refractivity contribution is 6.67. The van der Waals surface area contributed by atoms with Gasteiger partial charge >= 0.3 is 0 Å². The molecule has 5 atom stereocenters. The molecule has 2 bridgehead atoms. The zero-order valence-electron chi connectivity index (χ0n) is 10.2. The van der Waals surface area contributed by atoms with E-state index in [1.165, 1.54) is 0 Å². The van der Waals surface area contributed by atoms with E-state index in [1.807, 2.05) is 0 Å². The van der Waals surface area contributed by atoms with E-state index in [0.29, 0.717) is 0 Å². The van der Waals surface area contributed by atoms with Crippen molar-refractivity contribution in [2.75, 3.05) is 0 Å². The Morgan fingerprint density at radius 1 is 0.905 bits per heavy atom. The molecule has 0 N–H and O–H groups in total. The molecule has 2 fully saturated rings. The number of ketones is 3. The quantitative estimate of drug-likeness (QED) is 0.491. The van der Waals surface area contributed by atoms with Gasteiger partial charge in [-0.3, -0.25) is 14.4 Å². The number of allylic oxidation sites excluding steroid dienone is 2. The van der Waals surface area contributed by atoms with Crippen molar-refractivity contribution >= 4 is 87.0 Å². The molecule has 0 saturated heterocycles. The molecule has 0 radical (unpaired) electrons. The number of carbonyl (C=O) groups is 3. The predicted molar refractivity (Wildman–Crippen MR) is 81.5 cm³/mol. The molecule has 0 aromatic carbocycles. The van der Waals surface area contributed by atoms with Crippen molar-refractivity contribution in [1.82, 2.24) is 0 Å². The van der Waals surface area contributed by atoms with Crippen LogP contribution in [0.5, 0.6) is 0 Å². The Hall–Kier alpha value is 0.490. The second-order valence-corrected chi connectivity index (χ2v) is 8.71. The van der Waals surface area contributed by atoms with E-state index < -0.39 is 49.2 Å². The van der Waals surface area contributed by atoms with E-state index in [9.17, 15) is 14.4 Å². The minimum Gasteiger partial charge on any atom is -0.299 e. The number of fused-ring (bicyclic) bond motifs is 5. The third-order valence-electron chi connectivity index (χ3n) is 4.52. The number of carbonyl (C=O) groups excluding carboxylic acids is 3. The van der Waals surface area contributed by atoms with Crippen LogP contribution in [0.2, 0.25) is 0 Å². The van der Waals surface area contributed by atoms with Crippen molar-refractivity contribution in [3.05, 3.63) is 10.1 Å². The molecule has 0 heterocycles. The first-order valence-corrected chi connectivity index (χ1v) is 8.12. The van der Waals surface area contributed by atoms with Gasteiger partial charge in [-0.05, 0) is 6.92 Å². The highest BCUT2D eigenvalue weighted by atomic mass is 35.5. The van der Waals surface area contributed by atoms with Crippen molar-refractivity contribution in [2.45, 2.75) is 21.0 Å². The van der Waals surface area contributed by atoms with E-state index in [-0.39, 0.29) is 10.1 Å². The fraction of sp³-hybridized carbons (Fsp3) is 0.583. The molecule has 3 rings (SSSR count). The SMILES string of the molecule is CC(=O)C1C(=O)[C@@H]2[C@H](C1=O)[C@]1(Cl)C(Cl)=C(Cl)[C@]2(Cl)C1(Cl)Cl. The fourth-order valence-corrected chi connectivity index (χ4v) is 6.56. The maximum atomic E-state index is 12.5. The molecule has 1 unspecified atom stereocenters. The van der Waals surface area contributed by atoms with Crippen LogP contribution in [0.4, 0.5) is 0 Å². The molecule has 0 aromatic rings. The summed E-state index contributed by atoms with van der Waals surface area (Å²) in [5, 5.41) is -0.310. The van der Waals surface area contributed by atoms with Crippen LogP contribution in [0.1, 0.15) is 6.92 Å². The summed E-state index contributed by atoms with van der Waals surface area (Å²) in [5.74, 6) is -5.69. The van der Waals surface area contributed by atoms with Gasteiger partial charge in [-0.15, -0.1) is 23.2 Å². The monoisotopic (exact) mass is 408 g/mol. The van der Waals surface area contributed by atoms with Crippen LogP contribution in [-0.4, -0.2) is 31.4 Å². The van der Waals surface area contributed by atoms with Gasteiger partial charge in [-0.25, -0.2) is 0 Å². The summed E-state index contributed by atoms with van der Waals surface area (Å²) in [6, 6.07) is 0. The first-order valence-electron chi connectivity index (χ1n) is 5.85. The maximum Gasteiger partial charge on any atom is 0.167 e. The van der Waals surface area contributed by atoms with Crippen LogP contribution >= 0.6 is 69.6 Å². The van der Waals surface area contributed by atoms with Gasteiger partial charge in [0.2, 0.25) is 0 Å². The third-order valence-corrected chi connectivity index (χ3v) is 8.78. The number of hydrogen-bond donors (Lipinski definition) is 0. The Morgan fingerprint density at radius 2 is 1.24 bits per heavy atom. The van der Waals surface area contributed by atoms with E-state index >= 15 is 0 Å². The standard InChI is InChI=1S/C12H6Cl6O3/c1-2(19)3-6(20)4-5(7(3)21)11(16)9(14)8(13)10(4,15)12(11,17)18/h3-5H,1H3/t3?,4-,5+,10-,11-/m0/s1. The van der Waals surface area contributed by atoms with Crippen molar-refractivity contribution in [3.63, 3.8) is 0 Å². The van der Waals surface area contributed by atoms with Gasteiger partial charge in [0.1, 0.15) is 21.4 Å². The lowest BCUT2D eigenvalue weighted by atomic mass is 9.84. The van der Waals surface area contributed by atoms with Gasteiger partial charge < -0.3 is 0 Å². The van der Waals surface area contributed by atoms with Gasteiger partial charge in [0.05, 0.1) is 21.9 Å². The van der Waals surface area contributed by atoms with E-state index in [4.69, 9.17) is 69.6 Å². The van der Waals surface area contributed by atoms with E-state index in [2.05, 4.69) is 0 Å². The first-order chi connectivity index (χ1) is 9.45. The van der Waals surface area contributed by atoms with Gasteiger partial charge in [0, 0.05) is 0 Å². The molecule has 3 aliphatic rings. The van der Waals surface area contributed by atoms with Gasteiger partial charge in [-0.2, -0.15) is 0 Å². The lowest BCUT2D eigenvalue weighted by molar-refractivity contribution is -0.136. The van der Waals surface area contributed by atoms with Crippen molar-refractivity contribution < 1.29 is 14.4 Å². The average molecular weight is 411 g/mol. The summed E-state index contributed by atoms with van der Waals surface area (Å²) in [6.07, 6.45) is 0. The number of Topliss-reactive ketones (excluding diaryl/α,β-unsaturated/α-hetero) is 3. The van der Waals surface area contributed by atoms with Gasteiger partial charge in [0.25, 0.3) is 0 Å². The summed E-state index contributed by atoms with van der Waals surface area (Å²) in [6.45, 7) is 1.15. The van der Waals surface area contributed by atoms with Crippen LogP contribution in [0.3, 0.4) is 0 Å². The molecular weight excluding hydrogens is 405 g/mol. The zero-order chi connectivity index (χ0) is 16.1. The molecule has 0 aromatic heterocycles. The Labute approximate surface area is 149 Å². The zero-order valence-corrected chi connectivity index (χ0v) is 14.8. The summed E-state index contributed by atoms with van der Waals surface area (Å²) >= 11 is 37.6. The molecule has 9 heteroatoms. The molecular formula is C12H6Cl6O3. The summed E-state index contributed by atoms with van der Waals surface area (Å²) in [7, 11) is 0. The predicted octanol–water partition coefficient (Wildman–Crippen LogP) is 3.42. The third kappa shape index (κ3) is 1.41. The van der Waals surface area contributed by atoms with Crippen molar-refractivity contribution in [1.29, 1.82) is 0 Å². The van der Waals surface area contributed by atoms with Crippen LogP contribution in [-0.2, 0) is 14.4 Å². The second-order valence-electron chi connectivity index (χ2n) is 5.43. The van der Waals surface area contributed by atoms with Crippen LogP contribution < -0.4 is 0 Å². The van der Waals surface area contributed by atoms with Crippen LogP contribution in [0.15, 0.2) is 10.1 Å². The average Bonchev–Trinajstić information content (AvgIpc) is 2.75. The molecule has 0 aliphatic heterocycles. The fourth-order valence-electron chi connectivity index (χ4n) is 3.60. The largest absolute Gasteiger partial charge is 0.299 e. The maximum absolute atomic E-state index is 12.5. The van der Waals surface area contributed by atoms with Crippen molar-refractivity contribution in [2.24, 2.45) is 17.8 Å². The smallest absolute Gasteiger partial charge is 0.167 e. The van der Waals surface area contributed by atoms with Gasteiger partial charge in [0.15, 0.2) is 15.9 Å². The van der Waals surface area contributed by atoms with Gasteiger partial charge in [-0.1, -0.05) is 46.4 Å². The highest BCUT2D eigenvalue weighted by Crippen LogP contribution is 2.78. The van der Waals surface area contributed by atoms with E-state index in [1.54, 1.807) is 0 Å². The minimum absolute atomic E-state index is 0.155. The molecule has 114 valence electrons. The molecule has 2 saturated carbocycles. The lowest BCUT2D eigenvalue weighted by Gasteiger charge is -2.33. The molecule has 21 heavy (non-hydrogen) atoms. The minimum atomic E-state index is -1.94. The Morgan fingerprint density at radius 3 is 1.52 bits per heavy atom. The second kappa shape index (κ2) is 4.31. The summed E-state index contributed by atoms with van der Waals surface area (Å²) in [5.41, 5.74) is 0. The summed E-state index contributed by atoms with van der Waals surface area (Å²) < 4.78 is -1.94. The summed E-state index contributed by atoms with van der Waals surface area (Å²) in [4.78, 5) is 32.9. The molecule has 3 nitrogen and oxygen atoms in total. The highest BCUT2D eigenvalue weighted by Gasteiger charge is 2.87. The van der Waals surface area contributed by atoms with Crippen LogP contribution in [0.25, 0.3) is 0 Å². The number of rotatable bonds is 1. The number of alkyl halides is 4. The molecule has 0 spiro atoms. The Bertz CT molecular complexity index is 609. The number of hydrogen-bond acceptors (Lipinski definition) is 3. The van der Waals surface area contributed by atoms with E-state index in [0.717, 1.165) is 6.92 Å². The molecule has 3 aliphatic carbocycles. The topological polar surface area (TPSA) is 51.2 Å². The van der Waals surface area contributed by atoms with Crippen LogP contribution in [0, 0.1) is 17.8 Å². The normalized spacial score (nSPS) is 47.3. The number of halogens is 6. The van der Waals surface area contributed by atoms with Crippen molar-refractivity contribution in [3.8, 4) is 0 Å².